The number of rotatable bonds is 4. The van der Waals surface area contributed by atoms with Gasteiger partial charge in [-0.3, -0.25) is 0 Å². The zero-order valence-corrected chi connectivity index (χ0v) is 14.0. The zero-order chi connectivity index (χ0) is 15.6. The van der Waals surface area contributed by atoms with Crippen LogP contribution in [0.15, 0.2) is 42.0 Å². The topological polar surface area (TPSA) is 35.0 Å². The number of nitrogens with zero attached hydrogens (tertiary/aromatic N) is 2. The molecule has 2 heterocycles. The molecule has 0 aliphatic rings. The molecule has 0 unspecified atom stereocenters. The van der Waals surface area contributed by atoms with E-state index in [0.717, 1.165) is 16.6 Å². The van der Waals surface area contributed by atoms with Gasteiger partial charge in [0.15, 0.2) is 0 Å². The van der Waals surface area contributed by atoms with Gasteiger partial charge in [0.05, 0.1) is 12.1 Å². The molecule has 1 aromatic carbocycles. The first-order valence-electron chi connectivity index (χ1n) is 7.44. The minimum absolute atomic E-state index is 0.195. The summed E-state index contributed by atoms with van der Waals surface area (Å²) in [7, 11) is 0. The summed E-state index contributed by atoms with van der Waals surface area (Å²) in [4.78, 5) is 8.45. The summed E-state index contributed by atoms with van der Waals surface area (Å²) in [5.74, 6) is 0.686. The van der Waals surface area contributed by atoms with Gasteiger partial charge < -0.3 is 4.74 Å². The highest BCUT2D eigenvalue weighted by Gasteiger charge is 2.12. The minimum Gasteiger partial charge on any atom is -0.476 e. The maximum Gasteiger partial charge on any atom is 0.234 e. The van der Waals surface area contributed by atoms with Gasteiger partial charge in [-0.1, -0.05) is 45.0 Å². The minimum atomic E-state index is 0.195. The van der Waals surface area contributed by atoms with Gasteiger partial charge >= 0.3 is 0 Å². The van der Waals surface area contributed by atoms with Crippen molar-refractivity contribution in [2.45, 2.75) is 32.6 Å². The predicted molar refractivity (Wildman–Crippen MR) is 91.8 cm³/mol. The molecule has 3 rings (SSSR count). The van der Waals surface area contributed by atoms with Crippen LogP contribution in [0.1, 0.15) is 31.9 Å². The lowest BCUT2D eigenvalue weighted by Crippen LogP contribution is -2.11. The van der Waals surface area contributed by atoms with Crippen LogP contribution < -0.4 is 4.74 Å². The highest BCUT2D eigenvalue weighted by atomic mass is 32.1. The Kier molecular flexibility index (Phi) is 4.12. The van der Waals surface area contributed by atoms with Crippen LogP contribution in [0.3, 0.4) is 0 Å². The van der Waals surface area contributed by atoms with E-state index in [2.05, 4.69) is 55.0 Å². The number of thiophene rings is 1. The van der Waals surface area contributed by atoms with E-state index in [1.54, 1.807) is 17.7 Å². The summed E-state index contributed by atoms with van der Waals surface area (Å²) in [6.07, 6.45) is 2.43. The molecule has 2 aromatic heterocycles. The van der Waals surface area contributed by atoms with Crippen LogP contribution >= 0.6 is 11.3 Å². The second kappa shape index (κ2) is 6.05. The third-order valence-corrected chi connectivity index (χ3v) is 4.55. The third-order valence-electron chi connectivity index (χ3n) is 3.66. The lowest BCUT2D eigenvalue weighted by molar-refractivity contribution is 0.314. The molecule has 0 saturated heterocycles. The molecule has 0 aliphatic heterocycles. The van der Waals surface area contributed by atoms with Crippen molar-refractivity contribution in [1.82, 2.24) is 9.97 Å². The number of benzene rings is 1. The van der Waals surface area contributed by atoms with Crippen LogP contribution in [-0.2, 0) is 11.8 Å². The molecule has 0 spiro atoms. The van der Waals surface area contributed by atoms with Crippen molar-refractivity contribution in [3.63, 3.8) is 0 Å². The smallest absolute Gasteiger partial charge is 0.234 e. The van der Waals surface area contributed by atoms with Gasteiger partial charge in [-0.25, -0.2) is 9.97 Å². The number of ether oxygens (including phenoxy) is 1. The molecular formula is C18H20N2OS. The van der Waals surface area contributed by atoms with Gasteiger partial charge in [-0.05, 0) is 28.0 Å². The Hall–Kier alpha value is -1.94. The Morgan fingerprint density at radius 3 is 2.55 bits per heavy atom. The Labute approximate surface area is 135 Å². The van der Waals surface area contributed by atoms with Crippen molar-refractivity contribution >= 4 is 21.6 Å². The summed E-state index contributed by atoms with van der Waals surface area (Å²) in [5.41, 5.74) is 3.78. The maximum absolute atomic E-state index is 5.84. The molecular weight excluding hydrogens is 292 g/mol. The Morgan fingerprint density at radius 1 is 1.05 bits per heavy atom. The summed E-state index contributed by atoms with van der Waals surface area (Å²) in [6.45, 7) is 7.31. The van der Waals surface area contributed by atoms with E-state index in [4.69, 9.17) is 4.74 Å². The van der Waals surface area contributed by atoms with Crippen LogP contribution in [-0.4, -0.2) is 16.6 Å². The molecule has 0 N–H and O–H groups in total. The highest BCUT2D eigenvalue weighted by Crippen LogP contribution is 2.27. The largest absolute Gasteiger partial charge is 0.476 e. The van der Waals surface area contributed by atoms with E-state index < -0.39 is 0 Å². The predicted octanol–water partition coefficient (Wildman–Crippen LogP) is 4.61. The molecule has 0 saturated carbocycles. The second-order valence-corrected chi connectivity index (χ2v) is 7.28. The Balaban J connectivity index is 1.62. The first-order valence-corrected chi connectivity index (χ1v) is 8.32. The molecule has 0 amide bonds. The first kappa shape index (κ1) is 15.0. The van der Waals surface area contributed by atoms with E-state index in [0.29, 0.717) is 12.5 Å². The van der Waals surface area contributed by atoms with E-state index in [9.17, 15) is 0 Å². The molecule has 0 bridgehead atoms. The van der Waals surface area contributed by atoms with Gasteiger partial charge in [-0.15, -0.1) is 11.3 Å². The Bertz CT molecular complexity index is 757. The van der Waals surface area contributed by atoms with Gasteiger partial charge in [0.25, 0.3) is 0 Å². The molecule has 0 atom stereocenters. The number of aromatic nitrogens is 2. The zero-order valence-electron chi connectivity index (χ0n) is 13.2. The molecule has 3 aromatic rings. The molecule has 4 heteroatoms. The van der Waals surface area contributed by atoms with Crippen molar-refractivity contribution in [3.05, 3.63) is 53.2 Å². The number of hydrogen-bond acceptors (Lipinski definition) is 4. The molecule has 3 nitrogen and oxygen atoms in total. The van der Waals surface area contributed by atoms with E-state index in [1.165, 1.54) is 11.1 Å². The maximum atomic E-state index is 5.84. The average Bonchev–Trinajstić information content (AvgIpc) is 2.96. The van der Waals surface area contributed by atoms with Crippen molar-refractivity contribution in [1.29, 1.82) is 0 Å². The van der Waals surface area contributed by atoms with E-state index in [-0.39, 0.29) is 5.41 Å². The fraction of sp³-hybridized carbons (Fsp3) is 0.333. The molecule has 0 aliphatic carbocycles. The normalized spacial score (nSPS) is 11.8. The lowest BCUT2D eigenvalue weighted by atomic mass is 9.86. The second-order valence-electron chi connectivity index (χ2n) is 6.36. The van der Waals surface area contributed by atoms with Gasteiger partial charge in [-0.2, -0.15) is 0 Å². The van der Waals surface area contributed by atoms with Crippen molar-refractivity contribution in [3.8, 4) is 5.88 Å². The van der Waals surface area contributed by atoms with Gasteiger partial charge in [0.2, 0.25) is 5.88 Å². The first-order chi connectivity index (χ1) is 10.5. The van der Waals surface area contributed by atoms with Crippen LogP contribution in [0.4, 0.5) is 0 Å². The molecule has 114 valence electrons. The quantitative estimate of drug-likeness (QED) is 0.705. The van der Waals surface area contributed by atoms with Gasteiger partial charge in [0.1, 0.15) is 11.0 Å². The Morgan fingerprint density at radius 2 is 1.82 bits per heavy atom. The van der Waals surface area contributed by atoms with E-state index in [1.807, 2.05) is 11.4 Å². The standard InChI is InChI=1S/C18H20N2OS/c1-18(2,3)14-6-4-13(5-7-14)8-10-21-17-16-15(9-11-22-16)19-12-20-17/h4-7,9,11-12H,8,10H2,1-3H3. The van der Waals surface area contributed by atoms with Crippen molar-refractivity contribution < 1.29 is 4.74 Å². The van der Waals surface area contributed by atoms with Crippen LogP contribution in [0.25, 0.3) is 10.2 Å². The molecule has 0 radical (unpaired) electrons. The molecule has 22 heavy (non-hydrogen) atoms. The number of hydrogen-bond donors (Lipinski definition) is 0. The van der Waals surface area contributed by atoms with E-state index >= 15 is 0 Å². The fourth-order valence-corrected chi connectivity index (χ4v) is 3.09. The average molecular weight is 312 g/mol. The summed E-state index contributed by atoms with van der Waals surface area (Å²) in [6, 6.07) is 10.8. The van der Waals surface area contributed by atoms with Crippen molar-refractivity contribution in [2.75, 3.05) is 6.61 Å². The van der Waals surface area contributed by atoms with Crippen molar-refractivity contribution in [2.24, 2.45) is 0 Å². The van der Waals surface area contributed by atoms with Crippen LogP contribution in [0.2, 0.25) is 0 Å². The SMILES string of the molecule is CC(C)(C)c1ccc(CCOc2ncnc3ccsc23)cc1. The summed E-state index contributed by atoms with van der Waals surface area (Å²) in [5, 5.41) is 2.01. The summed E-state index contributed by atoms with van der Waals surface area (Å²) >= 11 is 1.61. The fourth-order valence-electron chi connectivity index (χ4n) is 2.31. The van der Waals surface area contributed by atoms with Crippen LogP contribution in [0.5, 0.6) is 5.88 Å². The monoisotopic (exact) mass is 312 g/mol. The van der Waals surface area contributed by atoms with Crippen LogP contribution in [0, 0.1) is 0 Å². The van der Waals surface area contributed by atoms with Gasteiger partial charge in [0, 0.05) is 6.42 Å². The third kappa shape index (κ3) is 3.28. The number of fused-ring (bicyclic) bond motifs is 1. The molecule has 0 fully saturated rings. The summed E-state index contributed by atoms with van der Waals surface area (Å²) < 4.78 is 6.86. The lowest BCUT2D eigenvalue weighted by Gasteiger charge is -2.19. The highest BCUT2D eigenvalue weighted by molar-refractivity contribution is 7.17.